The molecule has 152 valence electrons. The van der Waals surface area contributed by atoms with Gasteiger partial charge >= 0.3 is 0 Å². The predicted octanol–water partition coefficient (Wildman–Crippen LogP) is 5.37. The van der Waals surface area contributed by atoms with E-state index >= 15 is 0 Å². The summed E-state index contributed by atoms with van der Waals surface area (Å²) in [7, 11) is 2.00. The molecule has 3 aromatic rings. The zero-order chi connectivity index (χ0) is 20.2. The summed E-state index contributed by atoms with van der Waals surface area (Å²) in [5.41, 5.74) is 2.79. The summed E-state index contributed by atoms with van der Waals surface area (Å²) < 4.78 is 8.09. The first-order chi connectivity index (χ1) is 14.1. The van der Waals surface area contributed by atoms with E-state index in [4.69, 9.17) is 16.3 Å². The average Bonchev–Trinajstić information content (AvgIpc) is 3.04. The van der Waals surface area contributed by atoms with Crippen LogP contribution in [0, 0.1) is 5.92 Å². The fourth-order valence-corrected chi connectivity index (χ4v) is 4.37. The quantitative estimate of drug-likeness (QED) is 0.532. The first-order valence-corrected chi connectivity index (χ1v) is 10.7. The number of ketones is 1. The minimum atomic E-state index is 0.210. The fraction of sp³-hybridized carbons (Fsp3) is 0.375. The summed E-state index contributed by atoms with van der Waals surface area (Å²) >= 11 is 5.96. The Balaban J connectivity index is 1.57. The number of fused-ring (bicyclic) bond motifs is 1. The number of benzene rings is 2. The van der Waals surface area contributed by atoms with Gasteiger partial charge in [-0.1, -0.05) is 29.8 Å². The molecule has 2 heterocycles. The molecule has 1 aromatic heterocycles. The lowest BCUT2D eigenvalue weighted by Crippen LogP contribution is -2.30. The highest BCUT2D eigenvalue weighted by Gasteiger charge is 2.23. The number of nitrogens with zero attached hydrogens (tertiary/aromatic N) is 1. The van der Waals surface area contributed by atoms with Crippen molar-refractivity contribution >= 4 is 28.3 Å². The maximum atomic E-state index is 13.3. The van der Waals surface area contributed by atoms with Gasteiger partial charge in [-0.25, -0.2) is 0 Å². The molecule has 0 amide bonds. The fourth-order valence-electron chi connectivity index (χ4n) is 4.24. The molecule has 1 aliphatic heterocycles. The highest BCUT2D eigenvalue weighted by atomic mass is 35.5. The Morgan fingerprint density at radius 1 is 1.21 bits per heavy atom. The van der Waals surface area contributed by atoms with Crippen LogP contribution in [0.25, 0.3) is 10.9 Å². The van der Waals surface area contributed by atoms with Crippen LogP contribution in [0.5, 0.6) is 5.75 Å². The number of nitrogens with one attached hydrogen (secondary N) is 1. The largest absolute Gasteiger partial charge is 0.487 e. The second-order valence-electron chi connectivity index (χ2n) is 7.81. The van der Waals surface area contributed by atoms with Gasteiger partial charge < -0.3 is 14.6 Å². The summed E-state index contributed by atoms with van der Waals surface area (Å²) in [5, 5.41) is 5.13. The van der Waals surface area contributed by atoms with E-state index in [1.807, 2.05) is 49.5 Å². The van der Waals surface area contributed by atoms with Crippen molar-refractivity contribution in [1.82, 2.24) is 9.88 Å². The van der Waals surface area contributed by atoms with E-state index in [2.05, 4.69) is 16.0 Å². The van der Waals surface area contributed by atoms with Gasteiger partial charge in [-0.2, -0.15) is 0 Å². The van der Waals surface area contributed by atoms with Crippen molar-refractivity contribution in [2.24, 2.45) is 13.0 Å². The normalized spacial score (nSPS) is 16.8. The van der Waals surface area contributed by atoms with Crippen LogP contribution in [-0.2, 0) is 13.7 Å². The van der Waals surface area contributed by atoms with Crippen LogP contribution in [0.3, 0.4) is 0 Å². The van der Waals surface area contributed by atoms with Gasteiger partial charge in [-0.15, -0.1) is 0 Å². The number of halogens is 1. The van der Waals surface area contributed by atoms with Crippen molar-refractivity contribution in [3.05, 3.63) is 64.8 Å². The van der Waals surface area contributed by atoms with Gasteiger partial charge in [-0.05, 0) is 68.6 Å². The van der Waals surface area contributed by atoms with Crippen molar-refractivity contribution in [2.75, 3.05) is 13.1 Å². The number of hydrogen-bond donors (Lipinski definition) is 1. The Kier molecular flexibility index (Phi) is 6.22. The first-order valence-electron chi connectivity index (χ1n) is 10.3. The van der Waals surface area contributed by atoms with Gasteiger partial charge in [0.05, 0.1) is 5.69 Å². The third-order valence-corrected chi connectivity index (χ3v) is 6.13. The summed E-state index contributed by atoms with van der Waals surface area (Å²) in [6.07, 6.45) is 3.93. The topological polar surface area (TPSA) is 43.3 Å². The number of carbonyl (C=O) groups is 1. The van der Waals surface area contributed by atoms with Crippen LogP contribution in [0.2, 0.25) is 5.02 Å². The lowest BCUT2D eigenvalue weighted by molar-refractivity contribution is 0.0970. The van der Waals surface area contributed by atoms with Gasteiger partial charge in [0.25, 0.3) is 0 Å². The van der Waals surface area contributed by atoms with E-state index in [0.717, 1.165) is 47.4 Å². The summed E-state index contributed by atoms with van der Waals surface area (Å²) in [5.74, 6) is 1.55. The number of hydrogen-bond acceptors (Lipinski definition) is 3. The van der Waals surface area contributed by atoms with Gasteiger partial charge in [0.1, 0.15) is 12.4 Å². The van der Waals surface area contributed by atoms with Crippen molar-refractivity contribution in [3.63, 3.8) is 0 Å². The lowest BCUT2D eigenvalue weighted by Gasteiger charge is -2.22. The van der Waals surface area contributed by atoms with Gasteiger partial charge in [0.2, 0.25) is 0 Å². The standard InChI is InChI=1S/C24H27ClN2O2/c1-27-21-7-3-2-6-20(21)24(23(28)13-8-17-5-4-14-26-15-17)22(27)16-29-19-11-9-18(25)10-12-19/h2-3,6-7,9-12,17,26H,4-5,8,13-16H2,1H3. The summed E-state index contributed by atoms with van der Waals surface area (Å²) in [6.45, 7) is 2.47. The van der Waals surface area contributed by atoms with Crippen LogP contribution < -0.4 is 10.1 Å². The monoisotopic (exact) mass is 410 g/mol. The molecule has 0 saturated carbocycles. The second-order valence-corrected chi connectivity index (χ2v) is 8.25. The van der Waals surface area contributed by atoms with Crippen molar-refractivity contribution in [2.45, 2.75) is 32.3 Å². The molecule has 0 aliphatic carbocycles. The van der Waals surface area contributed by atoms with E-state index in [-0.39, 0.29) is 5.78 Å². The average molecular weight is 411 g/mol. The van der Waals surface area contributed by atoms with E-state index in [0.29, 0.717) is 24.0 Å². The number of Topliss-reactive ketones (excluding diaryl/α,β-unsaturated/α-hetero) is 1. The van der Waals surface area contributed by atoms with Crippen molar-refractivity contribution in [1.29, 1.82) is 0 Å². The summed E-state index contributed by atoms with van der Waals surface area (Å²) in [6, 6.07) is 15.4. The number of rotatable bonds is 7. The van der Waals surface area contributed by atoms with Crippen molar-refractivity contribution in [3.8, 4) is 5.75 Å². The Morgan fingerprint density at radius 2 is 2.00 bits per heavy atom. The molecular weight excluding hydrogens is 384 g/mol. The molecule has 4 nitrogen and oxygen atoms in total. The minimum Gasteiger partial charge on any atom is -0.487 e. The Hall–Kier alpha value is -2.30. The molecule has 1 atom stereocenters. The molecule has 1 saturated heterocycles. The molecular formula is C24H27ClN2O2. The number of ether oxygens (including phenoxy) is 1. The minimum absolute atomic E-state index is 0.210. The Labute approximate surface area is 176 Å². The summed E-state index contributed by atoms with van der Waals surface area (Å²) in [4.78, 5) is 13.3. The molecule has 4 rings (SSSR count). The molecule has 0 bridgehead atoms. The second kappa shape index (κ2) is 9.02. The molecule has 0 spiro atoms. The molecule has 1 N–H and O–H groups in total. The van der Waals surface area contributed by atoms with Crippen LogP contribution in [-0.4, -0.2) is 23.4 Å². The smallest absolute Gasteiger partial charge is 0.165 e. The number of para-hydroxylation sites is 1. The predicted molar refractivity (Wildman–Crippen MR) is 118 cm³/mol. The molecule has 1 unspecified atom stereocenters. The SMILES string of the molecule is Cn1c(COc2ccc(Cl)cc2)c(C(=O)CCC2CCCNC2)c2ccccc21. The molecule has 1 aliphatic rings. The van der Waals surface area contributed by atoms with Crippen LogP contribution >= 0.6 is 11.6 Å². The Bertz CT molecular complexity index is 988. The van der Waals surface area contributed by atoms with Gasteiger partial charge in [0, 0.05) is 35.0 Å². The third kappa shape index (κ3) is 4.49. The van der Waals surface area contributed by atoms with E-state index < -0.39 is 0 Å². The molecule has 5 heteroatoms. The first kappa shape index (κ1) is 20.0. The molecule has 2 aromatic carbocycles. The van der Waals surface area contributed by atoms with Crippen LogP contribution in [0.1, 0.15) is 41.7 Å². The molecule has 1 fully saturated rings. The van der Waals surface area contributed by atoms with E-state index in [9.17, 15) is 4.79 Å². The maximum absolute atomic E-state index is 13.3. The lowest BCUT2D eigenvalue weighted by atomic mass is 9.92. The number of aromatic nitrogens is 1. The highest BCUT2D eigenvalue weighted by molar-refractivity contribution is 6.30. The number of aryl methyl sites for hydroxylation is 1. The maximum Gasteiger partial charge on any atom is 0.165 e. The van der Waals surface area contributed by atoms with Crippen LogP contribution in [0.4, 0.5) is 0 Å². The highest BCUT2D eigenvalue weighted by Crippen LogP contribution is 2.29. The Morgan fingerprint density at radius 3 is 2.76 bits per heavy atom. The third-order valence-electron chi connectivity index (χ3n) is 5.87. The van der Waals surface area contributed by atoms with E-state index in [1.165, 1.54) is 12.8 Å². The van der Waals surface area contributed by atoms with Crippen LogP contribution in [0.15, 0.2) is 48.5 Å². The van der Waals surface area contributed by atoms with Crippen molar-refractivity contribution < 1.29 is 9.53 Å². The van der Waals surface area contributed by atoms with E-state index in [1.54, 1.807) is 0 Å². The zero-order valence-corrected chi connectivity index (χ0v) is 17.5. The number of piperidine rings is 1. The zero-order valence-electron chi connectivity index (χ0n) is 16.8. The molecule has 0 radical (unpaired) electrons. The van der Waals surface area contributed by atoms with Gasteiger partial charge in [-0.3, -0.25) is 4.79 Å². The molecule has 29 heavy (non-hydrogen) atoms. The number of carbonyl (C=O) groups excluding carboxylic acids is 1. The van der Waals surface area contributed by atoms with Gasteiger partial charge in [0.15, 0.2) is 5.78 Å².